The van der Waals surface area contributed by atoms with E-state index in [2.05, 4.69) is 11.9 Å². The smallest absolute Gasteiger partial charge is 0.219 e. The number of halogens is 1. The summed E-state index contributed by atoms with van der Waals surface area (Å²) in [6.45, 7) is 2.12. The standard InChI is InChI=1S/C13H12ClNO/c1-2-10-3-6-12(7-4-10)16-13-8-5-11(14)9-15-13/h3-9H,2H2,1H3. The van der Waals surface area contributed by atoms with Gasteiger partial charge in [0.2, 0.25) is 5.88 Å². The fraction of sp³-hybridized carbons (Fsp3) is 0.154. The first-order valence-corrected chi connectivity index (χ1v) is 5.54. The van der Waals surface area contributed by atoms with Gasteiger partial charge in [-0.05, 0) is 30.2 Å². The third-order valence-corrected chi connectivity index (χ3v) is 2.48. The highest BCUT2D eigenvalue weighted by Gasteiger charge is 1.98. The van der Waals surface area contributed by atoms with E-state index < -0.39 is 0 Å². The van der Waals surface area contributed by atoms with E-state index in [4.69, 9.17) is 16.3 Å². The third kappa shape index (κ3) is 2.74. The molecule has 2 rings (SSSR count). The van der Waals surface area contributed by atoms with Gasteiger partial charge in [0, 0.05) is 12.3 Å². The Labute approximate surface area is 99.9 Å². The summed E-state index contributed by atoms with van der Waals surface area (Å²) in [5.74, 6) is 1.33. The molecule has 0 fully saturated rings. The monoisotopic (exact) mass is 233 g/mol. The third-order valence-electron chi connectivity index (χ3n) is 2.25. The summed E-state index contributed by atoms with van der Waals surface area (Å²) in [4.78, 5) is 4.06. The van der Waals surface area contributed by atoms with Gasteiger partial charge in [-0.2, -0.15) is 0 Å². The van der Waals surface area contributed by atoms with Crippen molar-refractivity contribution in [1.82, 2.24) is 4.98 Å². The first-order valence-electron chi connectivity index (χ1n) is 5.16. The minimum Gasteiger partial charge on any atom is -0.439 e. The molecule has 1 aromatic carbocycles. The normalized spacial score (nSPS) is 10.1. The molecule has 0 radical (unpaired) electrons. The zero-order chi connectivity index (χ0) is 11.4. The van der Waals surface area contributed by atoms with Gasteiger partial charge in [0.25, 0.3) is 0 Å². The van der Waals surface area contributed by atoms with Gasteiger partial charge in [0.05, 0.1) is 5.02 Å². The van der Waals surface area contributed by atoms with Crippen molar-refractivity contribution in [2.24, 2.45) is 0 Å². The van der Waals surface area contributed by atoms with Crippen molar-refractivity contribution < 1.29 is 4.74 Å². The van der Waals surface area contributed by atoms with Crippen LogP contribution in [-0.4, -0.2) is 4.98 Å². The molecule has 0 aliphatic heterocycles. The van der Waals surface area contributed by atoms with E-state index >= 15 is 0 Å². The number of hydrogen-bond donors (Lipinski definition) is 0. The SMILES string of the molecule is CCc1ccc(Oc2ccc(Cl)cn2)cc1. The summed E-state index contributed by atoms with van der Waals surface area (Å²) in [5.41, 5.74) is 1.29. The van der Waals surface area contributed by atoms with Gasteiger partial charge in [-0.3, -0.25) is 0 Å². The van der Waals surface area contributed by atoms with Gasteiger partial charge in [-0.25, -0.2) is 4.98 Å². The van der Waals surface area contributed by atoms with E-state index in [0.29, 0.717) is 10.9 Å². The Hall–Kier alpha value is -1.54. The second-order valence-corrected chi connectivity index (χ2v) is 3.85. The van der Waals surface area contributed by atoms with E-state index in [0.717, 1.165) is 12.2 Å². The predicted octanol–water partition coefficient (Wildman–Crippen LogP) is 4.09. The lowest BCUT2D eigenvalue weighted by Crippen LogP contribution is -1.87. The molecule has 1 aromatic heterocycles. The van der Waals surface area contributed by atoms with Crippen molar-refractivity contribution in [2.45, 2.75) is 13.3 Å². The van der Waals surface area contributed by atoms with E-state index in [9.17, 15) is 0 Å². The molecule has 0 atom stereocenters. The fourth-order valence-corrected chi connectivity index (χ4v) is 1.45. The molecule has 1 heterocycles. The highest BCUT2D eigenvalue weighted by Crippen LogP contribution is 2.20. The lowest BCUT2D eigenvalue weighted by molar-refractivity contribution is 0.463. The van der Waals surface area contributed by atoms with Crippen LogP contribution in [0.4, 0.5) is 0 Å². The van der Waals surface area contributed by atoms with Crippen LogP contribution in [0.5, 0.6) is 11.6 Å². The molecule has 0 N–H and O–H groups in total. The molecule has 0 saturated heterocycles. The van der Waals surface area contributed by atoms with Gasteiger partial charge < -0.3 is 4.74 Å². The highest BCUT2D eigenvalue weighted by atomic mass is 35.5. The molecule has 0 saturated carbocycles. The van der Waals surface area contributed by atoms with Gasteiger partial charge in [0.1, 0.15) is 5.75 Å². The van der Waals surface area contributed by atoms with Crippen molar-refractivity contribution in [2.75, 3.05) is 0 Å². The van der Waals surface area contributed by atoms with Crippen molar-refractivity contribution in [3.63, 3.8) is 0 Å². The van der Waals surface area contributed by atoms with Gasteiger partial charge in [-0.15, -0.1) is 0 Å². The van der Waals surface area contributed by atoms with E-state index in [1.807, 2.05) is 24.3 Å². The van der Waals surface area contributed by atoms with Crippen LogP contribution in [0.15, 0.2) is 42.6 Å². The quantitative estimate of drug-likeness (QED) is 0.797. The fourth-order valence-electron chi connectivity index (χ4n) is 1.34. The largest absolute Gasteiger partial charge is 0.439 e. The molecule has 2 aromatic rings. The molecular formula is C13H12ClNO. The number of nitrogens with zero attached hydrogens (tertiary/aromatic N) is 1. The molecule has 82 valence electrons. The highest BCUT2D eigenvalue weighted by molar-refractivity contribution is 6.30. The van der Waals surface area contributed by atoms with Crippen molar-refractivity contribution in [3.05, 3.63) is 53.2 Å². The van der Waals surface area contributed by atoms with Crippen molar-refractivity contribution in [3.8, 4) is 11.6 Å². The molecule has 0 amide bonds. The van der Waals surface area contributed by atoms with Crippen molar-refractivity contribution >= 4 is 11.6 Å². The maximum atomic E-state index is 5.74. The van der Waals surface area contributed by atoms with Crippen LogP contribution in [0.1, 0.15) is 12.5 Å². The summed E-state index contributed by atoms with van der Waals surface area (Å²) in [5, 5.41) is 0.605. The first kappa shape index (κ1) is 11.0. The number of hydrogen-bond acceptors (Lipinski definition) is 2. The summed E-state index contributed by atoms with van der Waals surface area (Å²) in [6.07, 6.45) is 2.59. The summed E-state index contributed by atoms with van der Waals surface area (Å²) < 4.78 is 5.56. The molecule has 0 unspecified atom stereocenters. The van der Waals surface area contributed by atoms with Crippen molar-refractivity contribution in [1.29, 1.82) is 0 Å². The van der Waals surface area contributed by atoms with Crippen LogP contribution < -0.4 is 4.74 Å². The number of pyridine rings is 1. The Balaban J connectivity index is 2.11. The molecule has 0 aliphatic carbocycles. The molecule has 0 aliphatic rings. The minimum atomic E-state index is 0.550. The summed E-state index contributed by atoms with van der Waals surface area (Å²) in [7, 11) is 0. The average molecular weight is 234 g/mol. The van der Waals surface area contributed by atoms with Crippen LogP contribution in [-0.2, 0) is 6.42 Å². The molecule has 0 bridgehead atoms. The lowest BCUT2D eigenvalue weighted by Gasteiger charge is -2.05. The molecule has 3 heteroatoms. The molecule has 16 heavy (non-hydrogen) atoms. The topological polar surface area (TPSA) is 22.1 Å². The number of rotatable bonds is 3. The number of benzene rings is 1. The Kier molecular flexibility index (Phi) is 3.42. The molecule has 2 nitrogen and oxygen atoms in total. The van der Waals surface area contributed by atoms with Crippen LogP contribution in [0.25, 0.3) is 0 Å². The second kappa shape index (κ2) is 4.99. The first-order chi connectivity index (χ1) is 7.78. The lowest BCUT2D eigenvalue weighted by atomic mass is 10.2. The van der Waals surface area contributed by atoms with Crippen LogP contribution in [0, 0.1) is 0 Å². The average Bonchev–Trinajstić information content (AvgIpc) is 2.33. The number of ether oxygens (including phenoxy) is 1. The number of aromatic nitrogens is 1. The minimum absolute atomic E-state index is 0.550. The van der Waals surface area contributed by atoms with Gasteiger partial charge in [0.15, 0.2) is 0 Å². The van der Waals surface area contributed by atoms with Crippen LogP contribution >= 0.6 is 11.6 Å². The Morgan fingerprint density at radius 1 is 1.12 bits per heavy atom. The maximum absolute atomic E-state index is 5.74. The van der Waals surface area contributed by atoms with E-state index in [1.54, 1.807) is 18.3 Å². The number of aryl methyl sites for hydroxylation is 1. The van der Waals surface area contributed by atoms with Gasteiger partial charge in [-0.1, -0.05) is 30.7 Å². The Bertz CT molecular complexity index is 450. The van der Waals surface area contributed by atoms with E-state index in [1.165, 1.54) is 5.56 Å². The Morgan fingerprint density at radius 3 is 2.44 bits per heavy atom. The molecular weight excluding hydrogens is 222 g/mol. The zero-order valence-corrected chi connectivity index (χ0v) is 9.74. The van der Waals surface area contributed by atoms with Gasteiger partial charge >= 0.3 is 0 Å². The molecule has 0 spiro atoms. The predicted molar refractivity (Wildman–Crippen MR) is 65.1 cm³/mol. The van der Waals surface area contributed by atoms with Crippen LogP contribution in [0.3, 0.4) is 0 Å². The summed E-state index contributed by atoms with van der Waals surface area (Å²) in [6, 6.07) is 11.5. The maximum Gasteiger partial charge on any atom is 0.219 e. The van der Waals surface area contributed by atoms with Crippen LogP contribution in [0.2, 0.25) is 5.02 Å². The summed E-state index contributed by atoms with van der Waals surface area (Å²) >= 11 is 5.74. The van der Waals surface area contributed by atoms with E-state index in [-0.39, 0.29) is 0 Å². The zero-order valence-electron chi connectivity index (χ0n) is 8.98. The Morgan fingerprint density at radius 2 is 1.88 bits per heavy atom. The second-order valence-electron chi connectivity index (χ2n) is 3.41.